The van der Waals surface area contributed by atoms with Gasteiger partial charge in [-0.1, -0.05) is 18.2 Å². The van der Waals surface area contributed by atoms with Crippen molar-refractivity contribution in [2.45, 2.75) is 51.4 Å². The number of guanidine groups is 1. The Morgan fingerprint density at radius 2 is 1.96 bits per heavy atom. The molecule has 0 bridgehead atoms. The summed E-state index contributed by atoms with van der Waals surface area (Å²) < 4.78 is 11.5. The number of nitrogens with zero attached hydrogens (tertiary/aromatic N) is 1. The Labute approximate surface area is 162 Å². The van der Waals surface area contributed by atoms with E-state index in [0.29, 0.717) is 19.2 Å². The Morgan fingerprint density at radius 1 is 1.25 bits per heavy atom. The van der Waals surface area contributed by atoms with E-state index in [1.807, 2.05) is 32.0 Å². The highest BCUT2D eigenvalue weighted by atomic mass is 127. The normalized spacial score (nSPS) is 15.2. The summed E-state index contributed by atoms with van der Waals surface area (Å²) in [5.41, 5.74) is 0.913. The minimum absolute atomic E-state index is 0. The Balaban J connectivity index is 0.00000288. The van der Waals surface area contributed by atoms with Crippen molar-refractivity contribution in [3.8, 4) is 5.75 Å². The molecule has 0 spiro atoms. The number of ether oxygens (including phenoxy) is 2. The second-order valence-electron chi connectivity index (χ2n) is 6.52. The van der Waals surface area contributed by atoms with Crippen LogP contribution in [0.4, 0.5) is 0 Å². The van der Waals surface area contributed by atoms with Crippen LogP contribution in [-0.4, -0.2) is 38.4 Å². The van der Waals surface area contributed by atoms with Crippen molar-refractivity contribution < 1.29 is 9.47 Å². The van der Waals surface area contributed by atoms with Crippen LogP contribution in [0.2, 0.25) is 0 Å². The summed E-state index contributed by atoms with van der Waals surface area (Å²) in [7, 11) is 3.48. The van der Waals surface area contributed by atoms with Crippen molar-refractivity contribution in [2.24, 2.45) is 4.99 Å². The molecule has 0 aromatic heterocycles. The first-order valence-electron chi connectivity index (χ1n) is 8.28. The molecule has 0 heterocycles. The SMILES string of the molecule is CN=C(NCc1ccccc1OC1CCC1)NCC(C)(C)OC.I. The van der Waals surface area contributed by atoms with Gasteiger partial charge in [-0.3, -0.25) is 4.99 Å². The van der Waals surface area contributed by atoms with E-state index in [2.05, 4.69) is 21.7 Å². The smallest absolute Gasteiger partial charge is 0.191 e. The predicted molar refractivity (Wildman–Crippen MR) is 109 cm³/mol. The molecule has 136 valence electrons. The second-order valence-corrected chi connectivity index (χ2v) is 6.52. The van der Waals surface area contributed by atoms with Crippen LogP contribution in [0.5, 0.6) is 5.75 Å². The van der Waals surface area contributed by atoms with Crippen molar-refractivity contribution >= 4 is 29.9 Å². The standard InChI is InChI=1S/C18H29N3O2.HI/c1-18(2,22-4)13-21-17(19-3)20-12-14-8-5-6-11-16(14)23-15-9-7-10-15;/h5-6,8,11,15H,7,9-10,12-13H2,1-4H3,(H2,19,20,21);1H. The zero-order valence-electron chi connectivity index (χ0n) is 15.1. The summed E-state index contributed by atoms with van der Waals surface area (Å²) in [5, 5.41) is 6.62. The van der Waals surface area contributed by atoms with E-state index >= 15 is 0 Å². The summed E-state index contributed by atoms with van der Waals surface area (Å²) >= 11 is 0. The molecule has 1 aliphatic rings. The molecule has 1 aromatic carbocycles. The molecular formula is C18H30IN3O2. The maximum absolute atomic E-state index is 6.06. The summed E-state index contributed by atoms with van der Waals surface area (Å²) in [5.74, 6) is 1.73. The van der Waals surface area contributed by atoms with Gasteiger partial charge in [0.05, 0.1) is 11.7 Å². The molecule has 0 saturated heterocycles. The molecule has 2 N–H and O–H groups in total. The van der Waals surface area contributed by atoms with E-state index in [1.165, 1.54) is 6.42 Å². The third-order valence-electron chi connectivity index (χ3n) is 4.22. The summed E-state index contributed by atoms with van der Waals surface area (Å²) in [4.78, 5) is 4.26. The molecule has 1 aliphatic carbocycles. The first-order valence-corrected chi connectivity index (χ1v) is 8.28. The number of para-hydroxylation sites is 1. The zero-order chi connectivity index (χ0) is 16.7. The summed E-state index contributed by atoms with van der Waals surface area (Å²) in [6.45, 7) is 5.43. The number of benzene rings is 1. The number of halogens is 1. The minimum Gasteiger partial charge on any atom is -0.490 e. The Kier molecular flexibility index (Phi) is 8.83. The molecule has 0 amide bonds. The fourth-order valence-electron chi connectivity index (χ4n) is 2.20. The first-order chi connectivity index (χ1) is 11.0. The molecule has 1 saturated carbocycles. The minimum atomic E-state index is -0.233. The fourth-order valence-corrected chi connectivity index (χ4v) is 2.20. The van der Waals surface area contributed by atoms with Gasteiger partial charge in [0.25, 0.3) is 0 Å². The number of hydrogen-bond acceptors (Lipinski definition) is 3. The highest BCUT2D eigenvalue weighted by Crippen LogP contribution is 2.27. The van der Waals surface area contributed by atoms with E-state index < -0.39 is 0 Å². The molecule has 1 aromatic rings. The topological polar surface area (TPSA) is 54.9 Å². The van der Waals surface area contributed by atoms with Gasteiger partial charge in [0.2, 0.25) is 0 Å². The quantitative estimate of drug-likeness (QED) is 0.383. The van der Waals surface area contributed by atoms with Gasteiger partial charge in [-0.05, 0) is 39.2 Å². The second kappa shape index (κ2) is 10.1. The highest BCUT2D eigenvalue weighted by Gasteiger charge is 2.20. The number of aliphatic imine (C=N–C) groups is 1. The van der Waals surface area contributed by atoms with Crippen LogP contribution >= 0.6 is 24.0 Å². The molecule has 6 heteroatoms. The Morgan fingerprint density at radius 3 is 2.54 bits per heavy atom. The molecule has 24 heavy (non-hydrogen) atoms. The van der Waals surface area contributed by atoms with Crippen molar-refractivity contribution in [3.05, 3.63) is 29.8 Å². The van der Waals surface area contributed by atoms with Gasteiger partial charge in [-0.25, -0.2) is 0 Å². The van der Waals surface area contributed by atoms with Gasteiger partial charge >= 0.3 is 0 Å². The van der Waals surface area contributed by atoms with E-state index in [0.717, 1.165) is 30.1 Å². The molecule has 2 rings (SSSR count). The summed E-state index contributed by atoms with van der Waals surface area (Å²) in [6.07, 6.45) is 3.99. The van der Waals surface area contributed by atoms with Crippen LogP contribution in [0.15, 0.2) is 29.3 Å². The highest BCUT2D eigenvalue weighted by molar-refractivity contribution is 14.0. The largest absolute Gasteiger partial charge is 0.490 e. The molecule has 0 atom stereocenters. The van der Waals surface area contributed by atoms with Gasteiger partial charge in [0.1, 0.15) is 5.75 Å². The lowest BCUT2D eigenvalue weighted by Gasteiger charge is -2.28. The van der Waals surface area contributed by atoms with Crippen LogP contribution < -0.4 is 15.4 Å². The van der Waals surface area contributed by atoms with Crippen LogP contribution in [0.1, 0.15) is 38.7 Å². The number of hydrogen-bond donors (Lipinski definition) is 2. The zero-order valence-corrected chi connectivity index (χ0v) is 17.4. The molecule has 0 radical (unpaired) electrons. The third-order valence-corrected chi connectivity index (χ3v) is 4.22. The Hall–Kier alpha value is -1.02. The number of nitrogens with one attached hydrogen (secondary N) is 2. The van der Waals surface area contributed by atoms with Gasteiger partial charge in [0.15, 0.2) is 5.96 Å². The lowest BCUT2D eigenvalue weighted by molar-refractivity contribution is 0.0268. The van der Waals surface area contributed by atoms with Gasteiger partial charge < -0.3 is 20.1 Å². The van der Waals surface area contributed by atoms with Gasteiger partial charge in [-0.2, -0.15) is 0 Å². The van der Waals surface area contributed by atoms with E-state index in [9.17, 15) is 0 Å². The van der Waals surface area contributed by atoms with E-state index in [4.69, 9.17) is 9.47 Å². The molecular weight excluding hydrogens is 417 g/mol. The third kappa shape index (κ3) is 6.47. The average molecular weight is 447 g/mol. The average Bonchev–Trinajstić information content (AvgIpc) is 2.52. The molecule has 0 unspecified atom stereocenters. The van der Waals surface area contributed by atoms with Gasteiger partial charge in [0, 0.05) is 32.8 Å². The predicted octanol–water partition coefficient (Wildman–Crippen LogP) is 3.33. The molecule has 1 fully saturated rings. The van der Waals surface area contributed by atoms with Crippen molar-refractivity contribution in [1.82, 2.24) is 10.6 Å². The number of rotatable bonds is 7. The van der Waals surface area contributed by atoms with Crippen molar-refractivity contribution in [2.75, 3.05) is 20.7 Å². The van der Waals surface area contributed by atoms with E-state index in [-0.39, 0.29) is 29.6 Å². The van der Waals surface area contributed by atoms with Crippen molar-refractivity contribution in [3.63, 3.8) is 0 Å². The number of methoxy groups -OCH3 is 1. The van der Waals surface area contributed by atoms with Crippen LogP contribution in [0, 0.1) is 0 Å². The maximum atomic E-state index is 6.06. The van der Waals surface area contributed by atoms with Crippen molar-refractivity contribution in [1.29, 1.82) is 0 Å². The van der Waals surface area contributed by atoms with Crippen LogP contribution in [0.3, 0.4) is 0 Å². The van der Waals surface area contributed by atoms with Gasteiger partial charge in [-0.15, -0.1) is 24.0 Å². The fraction of sp³-hybridized carbons (Fsp3) is 0.611. The van der Waals surface area contributed by atoms with Crippen LogP contribution in [0.25, 0.3) is 0 Å². The van der Waals surface area contributed by atoms with E-state index in [1.54, 1.807) is 14.2 Å². The Bertz CT molecular complexity index is 531. The maximum Gasteiger partial charge on any atom is 0.191 e. The lowest BCUT2D eigenvalue weighted by Crippen LogP contribution is -2.45. The lowest BCUT2D eigenvalue weighted by atomic mass is 9.96. The molecule has 0 aliphatic heterocycles. The summed E-state index contributed by atoms with van der Waals surface area (Å²) in [6, 6.07) is 8.19. The monoisotopic (exact) mass is 447 g/mol. The first kappa shape index (κ1) is 21.0. The molecule has 5 nitrogen and oxygen atoms in total. The van der Waals surface area contributed by atoms with Crippen LogP contribution in [-0.2, 0) is 11.3 Å².